The average molecular weight is 452 g/mol. The van der Waals surface area contributed by atoms with E-state index in [4.69, 9.17) is 9.47 Å². The highest BCUT2D eigenvalue weighted by molar-refractivity contribution is 7.99. The van der Waals surface area contributed by atoms with Crippen LogP contribution in [0.3, 0.4) is 0 Å². The van der Waals surface area contributed by atoms with E-state index in [1.165, 1.54) is 16.3 Å². The van der Waals surface area contributed by atoms with Gasteiger partial charge in [-0.2, -0.15) is 5.10 Å². The molecule has 3 aromatic rings. The van der Waals surface area contributed by atoms with Crippen LogP contribution in [0, 0.1) is 6.92 Å². The number of fused-ring (bicyclic) bond motifs is 1. The summed E-state index contributed by atoms with van der Waals surface area (Å²) in [6, 6.07) is 16.9. The monoisotopic (exact) mass is 451 g/mol. The number of nitrogens with one attached hydrogen (secondary N) is 1. The van der Waals surface area contributed by atoms with Gasteiger partial charge in [0, 0.05) is 35.2 Å². The minimum absolute atomic E-state index is 0.133. The number of carbonyl (C=O) groups is 1. The predicted molar refractivity (Wildman–Crippen MR) is 124 cm³/mol. The standard InChI is InChI=1S/C24H25N3O4S/c1-17-3-6-19(7-4-17)32-14-11-25-23(28)16-27-24(29)10-8-20(26-27)18-5-9-21-22(15-18)31-13-2-12-30-21/h3-10,15H,2,11-14,16H2,1H3,(H,25,28). The first-order chi connectivity index (χ1) is 15.6. The van der Waals surface area contributed by atoms with E-state index in [0.29, 0.717) is 37.0 Å². The van der Waals surface area contributed by atoms with Crippen molar-refractivity contribution in [1.29, 1.82) is 0 Å². The van der Waals surface area contributed by atoms with Crippen molar-refractivity contribution in [2.75, 3.05) is 25.5 Å². The Labute approximate surface area is 190 Å². The number of hydrogen-bond donors (Lipinski definition) is 1. The highest BCUT2D eigenvalue weighted by Gasteiger charge is 2.13. The molecule has 0 saturated heterocycles. The molecule has 166 valence electrons. The van der Waals surface area contributed by atoms with E-state index in [9.17, 15) is 9.59 Å². The zero-order valence-electron chi connectivity index (χ0n) is 17.9. The van der Waals surface area contributed by atoms with E-state index < -0.39 is 0 Å². The highest BCUT2D eigenvalue weighted by atomic mass is 32.2. The number of nitrogens with zero attached hydrogens (tertiary/aromatic N) is 2. The molecule has 8 heteroatoms. The number of aromatic nitrogens is 2. The van der Waals surface area contributed by atoms with Crippen molar-refractivity contribution < 1.29 is 14.3 Å². The van der Waals surface area contributed by atoms with E-state index in [1.54, 1.807) is 17.8 Å². The maximum absolute atomic E-state index is 12.3. The SMILES string of the molecule is Cc1ccc(SCCNC(=O)Cn2nc(-c3ccc4c(c3)OCCCO4)ccc2=O)cc1. The summed E-state index contributed by atoms with van der Waals surface area (Å²) >= 11 is 1.67. The summed E-state index contributed by atoms with van der Waals surface area (Å²) in [7, 11) is 0. The van der Waals surface area contributed by atoms with Crippen LogP contribution in [-0.4, -0.2) is 41.2 Å². The van der Waals surface area contributed by atoms with Crippen molar-refractivity contribution in [1.82, 2.24) is 15.1 Å². The normalized spacial score (nSPS) is 12.8. The van der Waals surface area contributed by atoms with E-state index in [1.807, 2.05) is 18.2 Å². The maximum atomic E-state index is 12.3. The van der Waals surface area contributed by atoms with Crippen LogP contribution in [0.5, 0.6) is 11.5 Å². The third-order valence-electron chi connectivity index (χ3n) is 4.92. The molecule has 0 unspecified atom stereocenters. The number of hydrogen-bond acceptors (Lipinski definition) is 6. The van der Waals surface area contributed by atoms with Gasteiger partial charge in [0.05, 0.1) is 18.9 Å². The van der Waals surface area contributed by atoms with Gasteiger partial charge < -0.3 is 14.8 Å². The quantitative estimate of drug-likeness (QED) is 0.439. The maximum Gasteiger partial charge on any atom is 0.267 e. The van der Waals surface area contributed by atoms with Gasteiger partial charge in [-0.1, -0.05) is 17.7 Å². The summed E-state index contributed by atoms with van der Waals surface area (Å²) in [6.45, 7) is 3.63. The van der Waals surface area contributed by atoms with Crippen LogP contribution in [0.15, 0.2) is 64.3 Å². The Hall–Kier alpha value is -3.26. The van der Waals surface area contributed by atoms with Crippen molar-refractivity contribution in [3.8, 4) is 22.8 Å². The first-order valence-corrected chi connectivity index (χ1v) is 11.5. The summed E-state index contributed by atoms with van der Waals surface area (Å²) in [4.78, 5) is 25.7. The van der Waals surface area contributed by atoms with Crippen LogP contribution in [-0.2, 0) is 11.3 Å². The number of benzene rings is 2. The van der Waals surface area contributed by atoms with Gasteiger partial charge in [-0.15, -0.1) is 11.8 Å². The van der Waals surface area contributed by atoms with Crippen molar-refractivity contribution in [2.45, 2.75) is 24.8 Å². The van der Waals surface area contributed by atoms with Crippen LogP contribution in [0.1, 0.15) is 12.0 Å². The molecule has 1 N–H and O–H groups in total. The topological polar surface area (TPSA) is 82.5 Å². The molecular formula is C24H25N3O4S. The van der Waals surface area contributed by atoms with Crippen LogP contribution in [0.25, 0.3) is 11.3 Å². The van der Waals surface area contributed by atoms with Gasteiger partial charge in [-0.3, -0.25) is 9.59 Å². The molecule has 0 radical (unpaired) electrons. The van der Waals surface area contributed by atoms with Crippen LogP contribution in [0.4, 0.5) is 0 Å². The van der Waals surface area contributed by atoms with Crippen molar-refractivity contribution in [3.63, 3.8) is 0 Å². The van der Waals surface area contributed by atoms with Gasteiger partial charge in [0.2, 0.25) is 5.91 Å². The van der Waals surface area contributed by atoms with E-state index in [-0.39, 0.29) is 18.0 Å². The second-order valence-corrected chi connectivity index (χ2v) is 8.61. The third-order valence-corrected chi connectivity index (χ3v) is 5.93. The lowest BCUT2D eigenvalue weighted by Gasteiger charge is -2.11. The summed E-state index contributed by atoms with van der Waals surface area (Å²) < 4.78 is 12.6. The number of aryl methyl sites for hydroxylation is 1. The zero-order chi connectivity index (χ0) is 22.3. The molecule has 0 spiro atoms. The number of amides is 1. The van der Waals surface area contributed by atoms with Crippen LogP contribution in [0.2, 0.25) is 0 Å². The first kappa shape index (κ1) is 22.0. The van der Waals surface area contributed by atoms with Gasteiger partial charge in [0.15, 0.2) is 11.5 Å². The van der Waals surface area contributed by atoms with Crippen LogP contribution < -0.4 is 20.3 Å². The van der Waals surface area contributed by atoms with Crippen LogP contribution >= 0.6 is 11.8 Å². The molecule has 1 aliphatic rings. The molecule has 1 amide bonds. The Morgan fingerprint density at radius 1 is 1.06 bits per heavy atom. The van der Waals surface area contributed by atoms with E-state index in [2.05, 4.69) is 41.6 Å². The lowest BCUT2D eigenvalue weighted by molar-refractivity contribution is -0.121. The van der Waals surface area contributed by atoms with Crippen molar-refractivity contribution in [2.24, 2.45) is 0 Å². The summed E-state index contributed by atoms with van der Waals surface area (Å²) in [5.41, 5.74) is 2.27. The molecule has 2 heterocycles. The van der Waals surface area contributed by atoms with Gasteiger partial charge in [0.25, 0.3) is 5.56 Å². The Morgan fingerprint density at radius 3 is 2.66 bits per heavy atom. The predicted octanol–water partition coefficient (Wildman–Crippen LogP) is 3.29. The summed E-state index contributed by atoms with van der Waals surface area (Å²) in [6.07, 6.45) is 0.825. The number of ether oxygens (including phenoxy) is 2. The molecule has 0 atom stereocenters. The molecule has 7 nitrogen and oxygen atoms in total. The number of thioether (sulfide) groups is 1. The lowest BCUT2D eigenvalue weighted by Crippen LogP contribution is -2.34. The molecular weight excluding hydrogens is 426 g/mol. The number of rotatable bonds is 7. The Kier molecular flexibility index (Phi) is 7.11. The highest BCUT2D eigenvalue weighted by Crippen LogP contribution is 2.33. The van der Waals surface area contributed by atoms with E-state index in [0.717, 1.165) is 22.6 Å². The van der Waals surface area contributed by atoms with E-state index >= 15 is 0 Å². The fourth-order valence-corrected chi connectivity index (χ4v) is 3.99. The fraction of sp³-hybridized carbons (Fsp3) is 0.292. The second-order valence-electron chi connectivity index (χ2n) is 7.44. The minimum atomic E-state index is -0.327. The zero-order valence-corrected chi connectivity index (χ0v) is 18.7. The molecule has 0 fully saturated rings. The molecule has 32 heavy (non-hydrogen) atoms. The molecule has 2 aromatic carbocycles. The molecule has 1 aliphatic heterocycles. The Morgan fingerprint density at radius 2 is 1.84 bits per heavy atom. The van der Waals surface area contributed by atoms with Crippen molar-refractivity contribution in [3.05, 3.63) is 70.5 Å². The van der Waals surface area contributed by atoms with Gasteiger partial charge in [-0.05, 0) is 43.3 Å². The Balaban J connectivity index is 1.36. The average Bonchev–Trinajstić information content (AvgIpc) is 3.04. The Bertz CT molecular complexity index is 1140. The fourth-order valence-electron chi connectivity index (χ4n) is 3.22. The molecule has 0 bridgehead atoms. The largest absolute Gasteiger partial charge is 0.490 e. The molecule has 0 saturated carbocycles. The molecule has 0 aliphatic carbocycles. The van der Waals surface area contributed by atoms with Gasteiger partial charge in [0.1, 0.15) is 6.54 Å². The smallest absolute Gasteiger partial charge is 0.267 e. The first-order valence-electron chi connectivity index (χ1n) is 10.5. The summed E-state index contributed by atoms with van der Waals surface area (Å²) in [5.74, 6) is 1.85. The van der Waals surface area contributed by atoms with Gasteiger partial charge >= 0.3 is 0 Å². The lowest BCUT2D eigenvalue weighted by atomic mass is 10.1. The second kappa shape index (κ2) is 10.4. The van der Waals surface area contributed by atoms with Crippen molar-refractivity contribution >= 4 is 17.7 Å². The third kappa shape index (κ3) is 5.70. The minimum Gasteiger partial charge on any atom is -0.490 e. The van der Waals surface area contributed by atoms with Gasteiger partial charge in [-0.25, -0.2) is 4.68 Å². The molecule has 1 aromatic heterocycles. The number of carbonyl (C=O) groups excluding carboxylic acids is 1. The summed E-state index contributed by atoms with van der Waals surface area (Å²) in [5, 5.41) is 7.23. The molecule has 4 rings (SSSR count).